The normalized spacial score (nSPS) is 12.2. The lowest BCUT2D eigenvalue weighted by molar-refractivity contribution is -0.139. The summed E-state index contributed by atoms with van der Waals surface area (Å²) in [4.78, 5) is 0. The number of halogens is 7. The average molecular weight is 544 g/mol. The van der Waals surface area contributed by atoms with E-state index in [0.29, 0.717) is 11.3 Å². The maximum atomic E-state index is 14.2. The van der Waals surface area contributed by atoms with Gasteiger partial charge in [0.15, 0.2) is 0 Å². The van der Waals surface area contributed by atoms with Crippen molar-refractivity contribution in [2.75, 3.05) is 0 Å². The molecule has 3 nitrogen and oxygen atoms in total. The molecular weight excluding hydrogens is 525 g/mol. The third-order valence-electron chi connectivity index (χ3n) is 6.19. The highest BCUT2D eigenvalue weighted by Crippen LogP contribution is 2.39. The first-order chi connectivity index (χ1) is 18.5. The number of hydrogen-bond donors (Lipinski definition) is 0. The Balaban J connectivity index is 1.50. The quantitative estimate of drug-likeness (QED) is 0.201. The van der Waals surface area contributed by atoms with Crippen LogP contribution in [0.3, 0.4) is 0 Å². The van der Waals surface area contributed by atoms with Crippen molar-refractivity contribution in [1.29, 1.82) is 0 Å². The van der Waals surface area contributed by atoms with Gasteiger partial charge in [0.05, 0.1) is 23.4 Å². The van der Waals surface area contributed by atoms with Gasteiger partial charge in [-0.2, -0.15) is 31.4 Å². The Morgan fingerprint density at radius 2 is 1.33 bits per heavy atom. The summed E-state index contributed by atoms with van der Waals surface area (Å²) >= 11 is 0. The molecule has 0 saturated carbocycles. The van der Waals surface area contributed by atoms with Crippen LogP contribution in [-0.4, -0.2) is 9.78 Å². The number of ether oxygens (including phenoxy) is 1. The highest BCUT2D eigenvalue weighted by Gasteiger charge is 2.35. The first kappa shape index (κ1) is 26.3. The van der Waals surface area contributed by atoms with Gasteiger partial charge in [0.1, 0.15) is 23.7 Å². The fourth-order valence-corrected chi connectivity index (χ4v) is 4.39. The van der Waals surface area contributed by atoms with Crippen LogP contribution in [0.4, 0.5) is 30.7 Å². The van der Waals surface area contributed by atoms with E-state index >= 15 is 0 Å². The predicted octanol–water partition coefficient (Wildman–Crippen LogP) is 8.51. The summed E-state index contributed by atoms with van der Waals surface area (Å²) in [6.45, 7) is -0.460. The van der Waals surface area contributed by atoms with E-state index in [1.54, 1.807) is 18.2 Å². The molecular formula is C29H19F7N2O. The monoisotopic (exact) mass is 544 g/mol. The molecule has 0 aliphatic carbocycles. The molecule has 10 heteroatoms. The Morgan fingerprint density at radius 3 is 2.00 bits per heavy atom. The predicted molar refractivity (Wildman–Crippen MR) is 131 cm³/mol. The van der Waals surface area contributed by atoms with Crippen LogP contribution in [-0.2, 0) is 25.5 Å². The molecule has 200 valence electrons. The number of benzene rings is 4. The zero-order chi connectivity index (χ0) is 27.8. The van der Waals surface area contributed by atoms with Crippen molar-refractivity contribution in [1.82, 2.24) is 9.78 Å². The van der Waals surface area contributed by atoms with Gasteiger partial charge in [0.2, 0.25) is 0 Å². The van der Waals surface area contributed by atoms with Crippen molar-refractivity contribution >= 4 is 10.9 Å². The highest BCUT2D eigenvalue weighted by atomic mass is 19.4. The largest absolute Gasteiger partial charge is 0.489 e. The van der Waals surface area contributed by atoms with Gasteiger partial charge in [-0.25, -0.2) is 4.39 Å². The lowest BCUT2D eigenvalue weighted by atomic mass is 10.0. The molecule has 0 aliphatic heterocycles. The van der Waals surface area contributed by atoms with Crippen LogP contribution >= 0.6 is 0 Å². The molecule has 39 heavy (non-hydrogen) atoms. The van der Waals surface area contributed by atoms with Gasteiger partial charge in [0.25, 0.3) is 0 Å². The number of aromatic nitrogens is 2. The van der Waals surface area contributed by atoms with Gasteiger partial charge in [-0.3, -0.25) is 4.68 Å². The zero-order valence-corrected chi connectivity index (χ0v) is 20.0. The molecule has 5 rings (SSSR count). The van der Waals surface area contributed by atoms with Crippen LogP contribution in [0.15, 0.2) is 91.0 Å². The molecule has 0 bridgehead atoms. The minimum absolute atomic E-state index is 0.157. The van der Waals surface area contributed by atoms with E-state index in [2.05, 4.69) is 5.10 Å². The summed E-state index contributed by atoms with van der Waals surface area (Å²) in [5.74, 6) is -0.886. The second kappa shape index (κ2) is 10.1. The summed E-state index contributed by atoms with van der Waals surface area (Å²) in [7, 11) is 0. The van der Waals surface area contributed by atoms with Crippen molar-refractivity contribution in [2.24, 2.45) is 0 Å². The highest BCUT2D eigenvalue weighted by molar-refractivity contribution is 5.95. The standard InChI is InChI=1S/C29H19F7N2O/c30-25-11-5-9-23(28(31,32)33)22(25)17-39-20-14-12-19(13-15-20)27-21-8-4-10-24(29(34,35)36)26(21)37-38(27)16-18-6-2-1-3-7-18/h1-15H,16-17H2. The van der Waals surface area contributed by atoms with Crippen molar-refractivity contribution in [3.8, 4) is 17.0 Å². The molecule has 4 aromatic carbocycles. The van der Waals surface area contributed by atoms with Crippen molar-refractivity contribution in [2.45, 2.75) is 25.5 Å². The maximum absolute atomic E-state index is 14.2. The molecule has 0 fully saturated rings. The van der Waals surface area contributed by atoms with E-state index in [4.69, 9.17) is 4.74 Å². The molecule has 1 aromatic heterocycles. The third-order valence-corrected chi connectivity index (χ3v) is 6.19. The number of hydrogen-bond acceptors (Lipinski definition) is 2. The molecule has 0 radical (unpaired) electrons. The molecule has 0 saturated heterocycles. The fraction of sp³-hybridized carbons (Fsp3) is 0.138. The average Bonchev–Trinajstić information content (AvgIpc) is 3.25. The topological polar surface area (TPSA) is 27.1 Å². The second-order valence-electron chi connectivity index (χ2n) is 8.77. The number of nitrogens with zero attached hydrogens (tertiary/aromatic N) is 2. The lowest BCUT2D eigenvalue weighted by Gasteiger charge is -2.15. The van der Waals surface area contributed by atoms with Crippen LogP contribution < -0.4 is 4.74 Å². The van der Waals surface area contributed by atoms with E-state index in [-0.39, 0.29) is 23.2 Å². The Kier molecular flexibility index (Phi) is 6.80. The van der Waals surface area contributed by atoms with E-state index < -0.39 is 41.5 Å². The smallest absolute Gasteiger partial charge is 0.418 e. The minimum atomic E-state index is -4.75. The first-order valence-corrected chi connectivity index (χ1v) is 11.7. The Bertz CT molecular complexity index is 1610. The van der Waals surface area contributed by atoms with Crippen LogP contribution in [0.5, 0.6) is 5.75 Å². The van der Waals surface area contributed by atoms with Gasteiger partial charge in [-0.15, -0.1) is 0 Å². The Morgan fingerprint density at radius 1 is 0.692 bits per heavy atom. The third kappa shape index (κ3) is 5.45. The molecule has 0 unspecified atom stereocenters. The van der Waals surface area contributed by atoms with Gasteiger partial charge >= 0.3 is 12.4 Å². The molecule has 0 spiro atoms. The van der Waals surface area contributed by atoms with Gasteiger partial charge in [0, 0.05) is 16.5 Å². The number of rotatable bonds is 6. The van der Waals surface area contributed by atoms with E-state index in [9.17, 15) is 30.7 Å². The summed E-state index contributed by atoms with van der Waals surface area (Å²) in [5, 5.41) is 4.60. The van der Waals surface area contributed by atoms with Gasteiger partial charge in [-0.05, 0) is 48.0 Å². The van der Waals surface area contributed by atoms with Crippen molar-refractivity contribution in [3.63, 3.8) is 0 Å². The molecule has 0 N–H and O–H groups in total. The van der Waals surface area contributed by atoms with Gasteiger partial charge in [-0.1, -0.05) is 48.5 Å². The Hall–Kier alpha value is -4.34. The summed E-state index contributed by atoms with van der Waals surface area (Å²) in [6.07, 6.45) is -9.36. The second-order valence-corrected chi connectivity index (χ2v) is 8.77. The molecule has 1 heterocycles. The molecule has 0 amide bonds. The summed E-state index contributed by atoms with van der Waals surface area (Å²) in [6, 6.07) is 21.7. The SMILES string of the molecule is Fc1cccc(C(F)(F)F)c1COc1ccc(-c2c3cccc(C(F)(F)F)c3nn2Cc2ccccc2)cc1. The number of fused-ring (bicyclic) bond motifs is 1. The minimum Gasteiger partial charge on any atom is -0.489 e. The van der Waals surface area contributed by atoms with Crippen molar-refractivity contribution < 1.29 is 35.5 Å². The van der Waals surface area contributed by atoms with Crippen LogP contribution in [0, 0.1) is 5.82 Å². The maximum Gasteiger partial charge on any atom is 0.418 e. The molecule has 0 aliphatic rings. The van der Waals surface area contributed by atoms with Crippen LogP contribution in [0.2, 0.25) is 0 Å². The number of alkyl halides is 6. The summed E-state index contributed by atoms with van der Waals surface area (Å²) in [5.41, 5.74) is -1.04. The fourth-order valence-electron chi connectivity index (χ4n) is 4.39. The lowest BCUT2D eigenvalue weighted by Crippen LogP contribution is -2.12. The zero-order valence-electron chi connectivity index (χ0n) is 20.0. The van der Waals surface area contributed by atoms with E-state index in [0.717, 1.165) is 29.8 Å². The van der Waals surface area contributed by atoms with Crippen molar-refractivity contribution in [3.05, 3.63) is 119 Å². The van der Waals surface area contributed by atoms with Crippen LogP contribution in [0.25, 0.3) is 22.2 Å². The van der Waals surface area contributed by atoms with Gasteiger partial charge < -0.3 is 4.74 Å². The first-order valence-electron chi connectivity index (χ1n) is 11.7. The van der Waals surface area contributed by atoms with E-state index in [1.807, 2.05) is 30.3 Å². The molecule has 5 aromatic rings. The Labute approximate surface area is 218 Å². The van der Waals surface area contributed by atoms with Crippen LogP contribution in [0.1, 0.15) is 22.3 Å². The summed E-state index contributed by atoms with van der Waals surface area (Å²) < 4.78 is 102. The molecule has 0 atom stereocenters. The van der Waals surface area contributed by atoms with E-state index in [1.165, 1.54) is 22.9 Å².